The van der Waals surface area contributed by atoms with Crippen LogP contribution in [0.3, 0.4) is 0 Å². The van der Waals surface area contributed by atoms with Gasteiger partial charge in [-0.05, 0) is 13.8 Å². The normalized spacial score (nSPS) is 28.6. The number of rotatable bonds is 8. The summed E-state index contributed by atoms with van der Waals surface area (Å²) in [6.45, 7) is 4.71. The van der Waals surface area contributed by atoms with Crippen molar-refractivity contribution < 1.29 is 24.8 Å². The van der Waals surface area contributed by atoms with Gasteiger partial charge >= 0.3 is 0 Å². The van der Waals surface area contributed by atoms with Gasteiger partial charge < -0.3 is 30.1 Å². The first-order chi connectivity index (χ1) is 10.6. The van der Waals surface area contributed by atoms with Crippen molar-refractivity contribution >= 4 is 0 Å². The predicted molar refractivity (Wildman–Crippen MR) is 75.8 cm³/mol. The highest BCUT2D eigenvalue weighted by atomic mass is 16.7. The van der Waals surface area contributed by atoms with Crippen LogP contribution in [0.1, 0.15) is 25.8 Å². The second-order valence-electron chi connectivity index (χ2n) is 5.13. The zero-order valence-electron chi connectivity index (χ0n) is 12.8. The Labute approximate surface area is 128 Å². The Balaban J connectivity index is 2.09. The van der Waals surface area contributed by atoms with E-state index in [4.69, 9.17) is 9.47 Å². The summed E-state index contributed by atoms with van der Waals surface area (Å²) in [6.07, 6.45) is -1.04. The SMILES string of the molecule is CCOC(OCC)c1cnnn1C[C@H]1N[C@H](CO)[C@@H](O)[C@@H]1O. The summed E-state index contributed by atoms with van der Waals surface area (Å²) in [5.41, 5.74) is 0.639. The summed E-state index contributed by atoms with van der Waals surface area (Å²) >= 11 is 0. The van der Waals surface area contributed by atoms with E-state index in [0.717, 1.165) is 0 Å². The molecule has 0 amide bonds. The molecule has 1 aliphatic heterocycles. The molecule has 0 spiro atoms. The van der Waals surface area contributed by atoms with E-state index in [0.29, 0.717) is 18.9 Å². The number of hydrogen-bond donors (Lipinski definition) is 4. The van der Waals surface area contributed by atoms with E-state index in [1.54, 1.807) is 10.9 Å². The molecule has 0 bridgehead atoms. The quantitative estimate of drug-likeness (QED) is 0.423. The van der Waals surface area contributed by atoms with Gasteiger partial charge in [0.25, 0.3) is 0 Å². The van der Waals surface area contributed by atoms with Gasteiger partial charge in [-0.3, -0.25) is 0 Å². The van der Waals surface area contributed by atoms with Crippen molar-refractivity contribution in [2.75, 3.05) is 19.8 Å². The van der Waals surface area contributed by atoms with Crippen molar-refractivity contribution in [3.05, 3.63) is 11.9 Å². The molecule has 2 rings (SSSR count). The molecule has 0 radical (unpaired) electrons. The summed E-state index contributed by atoms with van der Waals surface area (Å²) in [4.78, 5) is 0. The fraction of sp³-hybridized carbons (Fsp3) is 0.846. The lowest BCUT2D eigenvalue weighted by atomic mass is 10.1. The third-order valence-electron chi connectivity index (χ3n) is 3.69. The van der Waals surface area contributed by atoms with E-state index >= 15 is 0 Å². The van der Waals surface area contributed by atoms with Crippen LogP contribution in [0.25, 0.3) is 0 Å². The zero-order valence-corrected chi connectivity index (χ0v) is 12.8. The Morgan fingerprint density at radius 3 is 2.41 bits per heavy atom. The minimum atomic E-state index is -1.02. The van der Waals surface area contributed by atoms with E-state index in [1.165, 1.54) is 0 Å². The van der Waals surface area contributed by atoms with E-state index in [2.05, 4.69) is 15.6 Å². The average molecular weight is 316 g/mol. The smallest absolute Gasteiger partial charge is 0.202 e. The van der Waals surface area contributed by atoms with E-state index in [-0.39, 0.29) is 13.2 Å². The molecule has 0 saturated carbocycles. The molecule has 1 aromatic rings. The second kappa shape index (κ2) is 7.95. The Morgan fingerprint density at radius 2 is 1.86 bits per heavy atom. The molecule has 2 heterocycles. The van der Waals surface area contributed by atoms with Gasteiger partial charge in [-0.2, -0.15) is 0 Å². The highest BCUT2D eigenvalue weighted by Crippen LogP contribution is 2.20. The van der Waals surface area contributed by atoms with Crippen LogP contribution in [-0.4, -0.2) is 74.4 Å². The molecule has 22 heavy (non-hydrogen) atoms. The summed E-state index contributed by atoms with van der Waals surface area (Å²) in [5.74, 6) is 0. The van der Waals surface area contributed by atoms with Crippen LogP contribution in [0.2, 0.25) is 0 Å². The van der Waals surface area contributed by atoms with Gasteiger partial charge in [0, 0.05) is 13.2 Å². The number of ether oxygens (including phenoxy) is 2. The molecule has 0 unspecified atom stereocenters. The maximum absolute atomic E-state index is 10.0. The van der Waals surface area contributed by atoms with Gasteiger partial charge in [-0.15, -0.1) is 5.10 Å². The first-order valence-corrected chi connectivity index (χ1v) is 7.46. The molecular formula is C13H24N4O5. The van der Waals surface area contributed by atoms with E-state index in [1.807, 2.05) is 13.8 Å². The number of nitrogens with zero attached hydrogens (tertiary/aromatic N) is 3. The fourth-order valence-electron chi connectivity index (χ4n) is 2.57. The van der Waals surface area contributed by atoms with Crippen molar-refractivity contribution in [2.45, 2.75) is 51.0 Å². The van der Waals surface area contributed by atoms with Gasteiger partial charge in [-0.25, -0.2) is 4.68 Å². The van der Waals surface area contributed by atoms with Gasteiger partial charge in [0.1, 0.15) is 5.69 Å². The maximum Gasteiger partial charge on any atom is 0.202 e. The summed E-state index contributed by atoms with van der Waals surface area (Å²) < 4.78 is 12.6. The van der Waals surface area contributed by atoms with E-state index in [9.17, 15) is 15.3 Å². The fourth-order valence-corrected chi connectivity index (χ4v) is 2.57. The molecule has 1 aromatic heterocycles. The molecule has 9 nitrogen and oxygen atoms in total. The third-order valence-corrected chi connectivity index (χ3v) is 3.69. The zero-order chi connectivity index (χ0) is 16.1. The summed E-state index contributed by atoms with van der Waals surface area (Å²) in [7, 11) is 0. The van der Waals surface area contributed by atoms with Crippen LogP contribution in [0.4, 0.5) is 0 Å². The Hall–Kier alpha value is -1.10. The monoisotopic (exact) mass is 316 g/mol. The largest absolute Gasteiger partial charge is 0.395 e. The molecule has 1 aliphatic rings. The number of aliphatic hydroxyl groups is 3. The summed E-state index contributed by atoms with van der Waals surface area (Å²) in [5, 5.41) is 39.9. The number of aliphatic hydroxyl groups excluding tert-OH is 3. The number of hydrogen-bond acceptors (Lipinski definition) is 8. The number of aromatic nitrogens is 3. The molecule has 0 aromatic carbocycles. The topological polar surface area (TPSA) is 122 Å². The van der Waals surface area contributed by atoms with Crippen molar-refractivity contribution in [2.24, 2.45) is 0 Å². The Bertz CT molecular complexity index is 451. The molecule has 0 aliphatic carbocycles. The van der Waals surface area contributed by atoms with Gasteiger partial charge in [-0.1, -0.05) is 5.21 Å². The minimum Gasteiger partial charge on any atom is -0.395 e. The van der Waals surface area contributed by atoms with Crippen LogP contribution in [0.15, 0.2) is 6.20 Å². The molecular weight excluding hydrogens is 292 g/mol. The van der Waals surface area contributed by atoms with Crippen molar-refractivity contribution in [3.8, 4) is 0 Å². The first kappa shape index (κ1) is 17.3. The van der Waals surface area contributed by atoms with Gasteiger partial charge in [0.05, 0.1) is 43.6 Å². The van der Waals surface area contributed by atoms with Crippen LogP contribution < -0.4 is 5.32 Å². The van der Waals surface area contributed by atoms with Gasteiger partial charge in [0.2, 0.25) is 6.29 Å². The Kier molecular flexibility index (Phi) is 6.24. The lowest BCUT2D eigenvalue weighted by Gasteiger charge is -2.20. The molecule has 9 heteroatoms. The Morgan fingerprint density at radius 1 is 1.23 bits per heavy atom. The molecule has 4 atom stereocenters. The van der Waals surface area contributed by atoms with Gasteiger partial charge in [0.15, 0.2) is 0 Å². The molecule has 1 fully saturated rings. The lowest BCUT2D eigenvalue weighted by molar-refractivity contribution is -0.144. The van der Waals surface area contributed by atoms with Crippen LogP contribution in [0.5, 0.6) is 0 Å². The highest BCUT2D eigenvalue weighted by molar-refractivity contribution is 5.01. The highest BCUT2D eigenvalue weighted by Gasteiger charge is 2.41. The minimum absolute atomic E-state index is 0.251. The molecule has 1 saturated heterocycles. The lowest BCUT2D eigenvalue weighted by Crippen LogP contribution is -2.39. The van der Waals surface area contributed by atoms with Crippen molar-refractivity contribution in [1.29, 1.82) is 0 Å². The standard InChI is InChI=1S/C13H24N4O5/c1-3-21-13(22-4-2)10-5-14-16-17(10)6-8-11(19)12(20)9(7-18)15-8/h5,8-9,11-13,15,18-20H,3-4,6-7H2,1-2H3/t8-,9-,11-,12-/m1/s1. The summed E-state index contributed by atoms with van der Waals surface area (Å²) in [6, 6.07) is -1.00. The van der Waals surface area contributed by atoms with Crippen molar-refractivity contribution in [1.82, 2.24) is 20.3 Å². The van der Waals surface area contributed by atoms with Crippen LogP contribution in [0, 0.1) is 0 Å². The number of nitrogens with one attached hydrogen (secondary N) is 1. The third kappa shape index (κ3) is 3.62. The van der Waals surface area contributed by atoms with Crippen LogP contribution >= 0.6 is 0 Å². The second-order valence-corrected chi connectivity index (χ2v) is 5.13. The average Bonchev–Trinajstić information content (AvgIpc) is 3.07. The maximum atomic E-state index is 10.0. The first-order valence-electron chi connectivity index (χ1n) is 7.46. The van der Waals surface area contributed by atoms with Crippen molar-refractivity contribution in [3.63, 3.8) is 0 Å². The van der Waals surface area contributed by atoms with Crippen LogP contribution in [-0.2, 0) is 16.0 Å². The molecule has 126 valence electrons. The molecule has 4 N–H and O–H groups in total. The van der Waals surface area contributed by atoms with E-state index < -0.39 is 30.6 Å². The predicted octanol–water partition coefficient (Wildman–Crippen LogP) is -1.60.